The Labute approximate surface area is 170 Å². The van der Waals surface area contributed by atoms with Crippen molar-refractivity contribution in [3.8, 4) is 0 Å². The van der Waals surface area contributed by atoms with Crippen LogP contribution >= 0.6 is 0 Å². The van der Waals surface area contributed by atoms with E-state index in [1.807, 2.05) is 0 Å². The van der Waals surface area contributed by atoms with Crippen LogP contribution in [0.1, 0.15) is 50.7 Å². The van der Waals surface area contributed by atoms with Gasteiger partial charge in [0.1, 0.15) is 0 Å². The number of rotatable bonds is 9. The van der Waals surface area contributed by atoms with E-state index >= 15 is 0 Å². The van der Waals surface area contributed by atoms with Crippen LogP contribution in [0.3, 0.4) is 0 Å². The Morgan fingerprint density at radius 2 is 1.32 bits per heavy atom. The van der Waals surface area contributed by atoms with Gasteiger partial charge >= 0.3 is 0 Å². The fourth-order valence-corrected chi connectivity index (χ4v) is 3.90. The molecule has 2 aromatic carbocycles. The zero-order valence-corrected chi connectivity index (χ0v) is 17.6. The fourth-order valence-electron chi connectivity index (χ4n) is 3.90. The van der Waals surface area contributed by atoms with Gasteiger partial charge in [-0.2, -0.15) is 0 Å². The van der Waals surface area contributed by atoms with Crippen LogP contribution < -0.4 is 0 Å². The van der Waals surface area contributed by atoms with Gasteiger partial charge in [0.15, 0.2) is 0 Å². The summed E-state index contributed by atoms with van der Waals surface area (Å²) in [4.78, 5) is 2.65. The van der Waals surface area contributed by atoms with Crippen molar-refractivity contribution >= 4 is 0 Å². The predicted molar refractivity (Wildman–Crippen MR) is 115 cm³/mol. The SMILES string of the molecule is COC(C)(C)CO[C@H]1CC[C@H](N(Cc2ccccc2)Cc2ccccc2)CC1. The van der Waals surface area contributed by atoms with Gasteiger partial charge in [0.2, 0.25) is 0 Å². The Bertz CT molecular complexity index is 637. The molecule has 28 heavy (non-hydrogen) atoms. The molecule has 0 N–H and O–H groups in total. The lowest BCUT2D eigenvalue weighted by molar-refractivity contribution is -0.0869. The van der Waals surface area contributed by atoms with E-state index < -0.39 is 0 Å². The molecule has 3 rings (SSSR count). The van der Waals surface area contributed by atoms with Gasteiger partial charge in [-0.25, -0.2) is 0 Å². The number of hydrogen-bond donors (Lipinski definition) is 0. The van der Waals surface area contributed by atoms with Crippen LogP contribution in [0.5, 0.6) is 0 Å². The summed E-state index contributed by atoms with van der Waals surface area (Å²) >= 11 is 0. The van der Waals surface area contributed by atoms with Gasteiger partial charge < -0.3 is 9.47 Å². The number of hydrogen-bond acceptors (Lipinski definition) is 3. The van der Waals surface area contributed by atoms with E-state index in [0.717, 1.165) is 25.9 Å². The van der Waals surface area contributed by atoms with Gasteiger partial charge in [-0.05, 0) is 50.7 Å². The summed E-state index contributed by atoms with van der Waals surface area (Å²) in [6.07, 6.45) is 5.01. The van der Waals surface area contributed by atoms with Gasteiger partial charge in [0, 0.05) is 26.2 Å². The third-order valence-corrected chi connectivity index (χ3v) is 5.84. The average molecular weight is 382 g/mol. The molecule has 0 unspecified atom stereocenters. The smallest absolute Gasteiger partial charge is 0.0855 e. The second kappa shape index (κ2) is 10.2. The zero-order chi connectivity index (χ0) is 19.8. The summed E-state index contributed by atoms with van der Waals surface area (Å²) in [6.45, 7) is 6.84. The monoisotopic (exact) mass is 381 g/mol. The van der Waals surface area contributed by atoms with Crippen molar-refractivity contribution in [2.24, 2.45) is 0 Å². The molecule has 3 nitrogen and oxygen atoms in total. The van der Waals surface area contributed by atoms with E-state index in [1.54, 1.807) is 7.11 Å². The summed E-state index contributed by atoms with van der Waals surface area (Å²) < 4.78 is 11.6. The number of methoxy groups -OCH3 is 1. The Hall–Kier alpha value is -1.68. The van der Waals surface area contributed by atoms with Crippen LogP contribution in [0.15, 0.2) is 60.7 Å². The van der Waals surface area contributed by atoms with Crippen molar-refractivity contribution in [1.29, 1.82) is 0 Å². The minimum Gasteiger partial charge on any atom is -0.376 e. The van der Waals surface area contributed by atoms with Crippen LogP contribution in [0, 0.1) is 0 Å². The Morgan fingerprint density at radius 1 is 0.821 bits per heavy atom. The first-order valence-corrected chi connectivity index (χ1v) is 10.5. The highest BCUT2D eigenvalue weighted by molar-refractivity contribution is 5.17. The van der Waals surface area contributed by atoms with Crippen LogP contribution in [0.4, 0.5) is 0 Å². The fraction of sp³-hybridized carbons (Fsp3) is 0.520. The Balaban J connectivity index is 1.59. The molecule has 0 aromatic heterocycles. The second-order valence-corrected chi connectivity index (χ2v) is 8.58. The molecule has 0 aliphatic heterocycles. The molecular weight excluding hydrogens is 346 g/mol. The van der Waals surface area contributed by atoms with Gasteiger partial charge in [0.25, 0.3) is 0 Å². The normalized spacial score (nSPS) is 20.4. The van der Waals surface area contributed by atoms with E-state index in [1.165, 1.54) is 24.0 Å². The van der Waals surface area contributed by atoms with E-state index in [0.29, 0.717) is 18.8 Å². The molecule has 0 heterocycles. The van der Waals surface area contributed by atoms with Crippen LogP contribution in [-0.2, 0) is 22.6 Å². The lowest BCUT2D eigenvalue weighted by Gasteiger charge is -2.38. The lowest BCUT2D eigenvalue weighted by Crippen LogP contribution is -2.40. The summed E-state index contributed by atoms with van der Waals surface area (Å²) in [6, 6.07) is 22.3. The van der Waals surface area contributed by atoms with Crippen molar-refractivity contribution in [3.63, 3.8) is 0 Å². The number of benzene rings is 2. The summed E-state index contributed by atoms with van der Waals surface area (Å²) in [5, 5.41) is 0. The van der Waals surface area contributed by atoms with Crippen LogP contribution in [0.2, 0.25) is 0 Å². The molecule has 0 spiro atoms. The second-order valence-electron chi connectivity index (χ2n) is 8.58. The zero-order valence-electron chi connectivity index (χ0n) is 17.6. The molecule has 0 radical (unpaired) electrons. The first-order valence-electron chi connectivity index (χ1n) is 10.5. The van der Waals surface area contributed by atoms with Crippen LogP contribution in [0.25, 0.3) is 0 Å². The molecule has 0 saturated heterocycles. The Kier molecular flexibility index (Phi) is 7.66. The van der Waals surface area contributed by atoms with E-state index in [-0.39, 0.29) is 5.60 Å². The van der Waals surface area contributed by atoms with Crippen molar-refractivity contribution in [2.45, 2.75) is 70.4 Å². The first-order chi connectivity index (χ1) is 13.6. The minimum absolute atomic E-state index is 0.205. The maximum Gasteiger partial charge on any atom is 0.0855 e. The number of ether oxygens (including phenoxy) is 2. The molecule has 2 aromatic rings. The van der Waals surface area contributed by atoms with Gasteiger partial charge in [0.05, 0.1) is 18.3 Å². The molecule has 0 amide bonds. The third-order valence-electron chi connectivity index (χ3n) is 5.84. The Morgan fingerprint density at radius 3 is 1.79 bits per heavy atom. The average Bonchev–Trinajstić information content (AvgIpc) is 2.74. The van der Waals surface area contributed by atoms with E-state index in [2.05, 4.69) is 79.4 Å². The van der Waals surface area contributed by atoms with Gasteiger partial charge in [-0.3, -0.25) is 4.90 Å². The van der Waals surface area contributed by atoms with E-state index in [4.69, 9.17) is 9.47 Å². The molecule has 0 bridgehead atoms. The number of nitrogens with zero attached hydrogens (tertiary/aromatic N) is 1. The van der Waals surface area contributed by atoms with Crippen molar-refractivity contribution in [3.05, 3.63) is 71.8 Å². The molecule has 152 valence electrons. The molecule has 1 saturated carbocycles. The summed E-state index contributed by atoms with van der Waals surface area (Å²) in [7, 11) is 1.76. The lowest BCUT2D eigenvalue weighted by atomic mass is 9.91. The molecular formula is C25H35NO2. The molecule has 1 fully saturated rings. The highest BCUT2D eigenvalue weighted by Crippen LogP contribution is 2.28. The summed E-state index contributed by atoms with van der Waals surface area (Å²) in [5.74, 6) is 0. The minimum atomic E-state index is -0.205. The standard InChI is InChI=1S/C25H35NO2/c1-25(2,27-3)20-28-24-16-14-23(15-17-24)26(18-21-10-6-4-7-11-21)19-22-12-8-5-9-13-22/h4-13,23-24H,14-20H2,1-3H3/t23-,24-. The van der Waals surface area contributed by atoms with Gasteiger partial charge in [-0.15, -0.1) is 0 Å². The van der Waals surface area contributed by atoms with Gasteiger partial charge in [-0.1, -0.05) is 60.7 Å². The first kappa shape index (κ1) is 21.0. The quantitative estimate of drug-likeness (QED) is 0.577. The maximum atomic E-state index is 6.16. The van der Waals surface area contributed by atoms with Crippen molar-refractivity contribution in [2.75, 3.05) is 13.7 Å². The summed E-state index contributed by atoms with van der Waals surface area (Å²) in [5.41, 5.74) is 2.57. The van der Waals surface area contributed by atoms with Crippen LogP contribution in [-0.4, -0.2) is 36.4 Å². The van der Waals surface area contributed by atoms with E-state index in [9.17, 15) is 0 Å². The molecule has 1 aliphatic rings. The van der Waals surface area contributed by atoms with Crippen molar-refractivity contribution < 1.29 is 9.47 Å². The maximum absolute atomic E-state index is 6.16. The topological polar surface area (TPSA) is 21.7 Å². The largest absolute Gasteiger partial charge is 0.376 e. The highest BCUT2D eigenvalue weighted by Gasteiger charge is 2.28. The third kappa shape index (κ3) is 6.44. The molecule has 3 heteroatoms. The predicted octanol–water partition coefficient (Wildman–Crippen LogP) is 5.44. The molecule has 1 aliphatic carbocycles. The molecule has 0 atom stereocenters. The van der Waals surface area contributed by atoms with Crippen molar-refractivity contribution in [1.82, 2.24) is 4.90 Å². The highest BCUT2D eigenvalue weighted by atomic mass is 16.5.